The van der Waals surface area contributed by atoms with Gasteiger partial charge in [0.2, 0.25) is 0 Å². The van der Waals surface area contributed by atoms with Gasteiger partial charge in [0.25, 0.3) is 0 Å². The zero-order valence-electron chi connectivity index (χ0n) is 71.9. The van der Waals surface area contributed by atoms with Crippen LogP contribution in [0.1, 0.15) is 214 Å². The predicted molar refractivity (Wildman–Crippen MR) is 399 cm³/mol. The van der Waals surface area contributed by atoms with E-state index in [2.05, 4.69) is 76.5 Å². The number of fused-ring (bicyclic) bond motifs is 9. The number of alkyl halides is 6. The van der Waals surface area contributed by atoms with E-state index in [0.29, 0.717) is 64.2 Å². The molecule has 30 unspecified atom stereocenters. The van der Waals surface area contributed by atoms with Gasteiger partial charge < -0.3 is 84.7 Å². The number of ether oxygens (including phenoxy) is 15. The quantitative estimate of drug-likeness (QED) is 0.0332. The Morgan fingerprint density at radius 2 is 0.683 bits per heavy atom. The Morgan fingerprint density at radius 1 is 0.397 bits per heavy atom. The number of hydrogen-bond acceptors (Lipinski definition) is 36. The first kappa shape index (κ1) is 96.4. The van der Waals surface area contributed by atoms with Gasteiger partial charge in [0, 0.05) is 16.2 Å². The van der Waals surface area contributed by atoms with Gasteiger partial charge in [-0.2, -0.15) is 26.3 Å². The van der Waals surface area contributed by atoms with Crippen molar-refractivity contribution in [1.29, 1.82) is 0 Å². The molecule has 6 saturated carbocycles. The minimum Gasteiger partial charge on any atom is -0.743 e. The van der Waals surface area contributed by atoms with Crippen LogP contribution in [0.25, 0.3) is 0 Å². The van der Waals surface area contributed by atoms with Gasteiger partial charge in [-0.25, -0.2) is 25.3 Å². The molecule has 9 heterocycles. The van der Waals surface area contributed by atoms with Crippen LogP contribution in [-0.2, 0) is 159 Å². The molecule has 15 fully saturated rings. The summed E-state index contributed by atoms with van der Waals surface area (Å²) < 4.78 is 260. The molecule has 708 valence electrons. The molecule has 9 aliphatic heterocycles. The lowest BCUT2D eigenvalue weighted by molar-refractivity contribution is -0.199. The van der Waals surface area contributed by atoms with E-state index in [1.165, 1.54) is 0 Å². The van der Waals surface area contributed by atoms with E-state index < -0.39 is 300 Å². The lowest BCUT2D eigenvalue weighted by atomic mass is 9.61. The van der Waals surface area contributed by atoms with Gasteiger partial charge in [-0.1, -0.05) is 83.1 Å². The van der Waals surface area contributed by atoms with Gasteiger partial charge in [-0.05, 0) is 132 Å². The lowest BCUT2D eigenvalue weighted by Crippen LogP contribution is -2.56. The van der Waals surface area contributed by atoms with Crippen LogP contribution in [0.2, 0.25) is 0 Å². The van der Waals surface area contributed by atoms with Crippen molar-refractivity contribution in [2.45, 2.75) is 338 Å². The smallest absolute Gasteiger partial charge is 0.369 e. The van der Waals surface area contributed by atoms with Gasteiger partial charge in [-0.15, -0.1) is 0 Å². The van der Waals surface area contributed by atoms with Crippen molar-refractivity contribution >= 4 is 102 Å². The Hall–Kier alpha value is -7.17. The van der Waals surface area contributed by atoms with Gasteiger partial charge in [-0.3, -0.25) is 57.5 Å². The van der Waals surface area contributed by atoms with Crippen LogP contribution in [-0.4, -0.2) is 235 Å². The molecule has 0 aromatic rings. The average molecular weight is 1860 g/mol. The average Bonchev–Trinajstić information content (AvgIpc) is 1.52. The zero-order chi connectivity index (χ0) is 93.8. The van der Waals surface area contributed by atoms with E-state index in [1.807, 2.05) is 27.7 Å². The summed E-state index contributed by atoms with van der Waals surface area (Å²) in [6.45, 7) is 29.1. The monoisotopic (exact) mass is 1860 g/mol. The van der Waals surface area contributed by atoms with Crippen LogP contribution >= 0.6 is 0 Å². The summed E-state index contributed by atoms with van der Waals surface area (Å²) in [7, 11) is -18.3. The maximum Gasteiger partial charge on any atom is 0.369 e. The van der Waals surface area contributed by atoms with Crippen molar-refractivity contribution in [3.05, 3.63) is 0 Å². The highest BCUT2D eigenvalue weighted by molar-refractivity contribution is 7.87. The standard InChI is InChI=1S/C28H38F2O12S.C27H36F2O12S.C26H34F2O12S/c1-12(2)27(11-14-9-10-26(27,6)25(14,4)5)42-24(34)18-17-19-22(41-23(17)33)21(20(18)40-19)39-16(32)8-7-15(31)38-13(3)28(29,30)43(35,36)37;1-6-26(11-13-9-10-25(26,5)24(13,3)4)41-23(33)17-16-18-21(40-22(16)32)20(19(17)39-18)38-15(31)8-7-14(30)37-12(2)27(28,29)42(34,35)36;1-11(26(27,28)41(33,34)35)36-13(29)6-7-14(30)37-19-18-16(15-17(38-18)20(19)39-21(15)31)22(32)40-25(5)10-12-8-9-24(25,4)23(12,2)3/h12-14,17-22H,7-11H2,1-6H3,(H,35,36,37);12-13,16-21H,6-11H2,1-5H3,(H,34,35,36);11-12,15-20H,6-10H2,1-5H3,(H,33,34,35)/p-3. The van der Waals surface area contributed by atoms with Gasteiger partial charge in [0.15, 0.2) is 85.3 Å². The predicted octanol–water partition coefficient (Wildman–Crippen LogP) is 6.53. The lowest BCUT2D eigenvalue weighted by Gasteiger charge is -2.50. The number of hydrogen-bond donors (Lipinski definition) is 0. The van der Waals surface area contributed by atoms with E-state index in [0.717, 1.165) is 38.5 Å². The maximum atomic E-state index is 13.9. The van der Waals surface area contributed by atoms with Crippen molar-refractivity contribution in [1.82, 2.24) is 0 Å². The molecule has 15 rings (SSSR count). The fourth-order valence-corrected chi connectivity index (χ4v) is 25.6. The van der Waals surface area contributed by atoms with Crippen molar-refractivity contribution in [2.75, 3.05) is 0 Å². The summed E-state index contributed by atoms with van der Waals surface area (Å²) in [5.74, 6) is -15.8. The number of rotatable bonds is 29. The number of esters is 12. The largest absolute Gasteiger partial charge is 0.743 e. The summed E-state index contributed by atoms with van der Waals surface area (Å²) in [6, 6.07) is 0. The molecule has 12 bridgehead atoms. The maximum absolute atomic E-state index is 13.9. The summed E-state index contributed by atoms with van der Waals surface area (Å²) in [6.07, 6.45) is -15.6. The van der Waals surface area contributed by atoms with Crippen molar-refractivity contribution in [3.63, 3.8) is 0 Å². The van der Waals surface area contributed by atoms with E-state index in [9.17, 15) is 123 Å². The molecule has 45 heteroatoms. The minimum absolute atomic E-state index is 0.0152. The fraction of sp³-hybridized carbons (Fsp3) is 0.852. The van der Waals surface area contributed by atoms with E-state index in [1.54, 1.807) is 0 Å². The molecule has 0 N–H and O–H groups in total. The summed E-state index contributed by atoms with van der Waals surface area (Å²) >= 11 is 0. The summed E-state index contributed by atoms with van der Waals surface area (Å²) in [5.41, 5.74) is -3.31. The van der Waals surface area contributed by atoms with E-state index in [-0.39, 0.29) is 38.4 Å². The molecule has 0 amide bonds. The van der Waals surface area contributed by atoms with Crippen LogP contribution in [0, 0.1) is 91.7 Å². The second-order valence-electron chi connectivity index (χ2n) is 39.2. The summed E-state index contributed by atoms with van der Waals surface area (Å²) in [4.78, 5) is 153. The van der Waals surface area contributed by atoms with Crippen LogP contribution in [0.4, 0.5) is 26.3 Å². The highest BCUT2D eigenvalue weighted by atomic mass is 32.2. The van der Waals surface area contributed by atoms with Crippen molar-refractivity contribution in [2.24, 2.45) is 91.7 Å². The number of carbonyl (C=O) groups excluding carboxylic acids is 12. The van der Waals surface area contributed by atoms with E-state index in [4.69, 9.17) is 56.8 Å². The Bertz CT molecular complexity index is 4850. The third kappa shape index (κ3) is 14.8. The van der Waals surface area contributed by atoms with Crippen molar-refractivity contribution in [3.8, 4) is 0 Å². The molecule has 15 aliphatic rings. The third-order valence-corrected chi connectivity index (χ3v) is 35.9. The van der Waals surface area contributed by atoms with Crippen molar-refractivity contribution < 1.29 is 194 Å². The highest BCUT2D eigenvalue weighted by Gasteiger charge is 2.79. The molecule has 0 spiro atoms. The first-order valence-corrected chi connectivity index (χ1v) is 46.4. The number of halogens is 6. The highest BCUT2D eigenvalue weighted by Crippen LogP contribution is 2.75. The Morgan fingerprint density at radius 3 is 0.944 bits per heavy atom. The Labute approximate surface area is 721 Å². The first-order chi connectivity index (χ1) is 57.8. The molecule has 0 radical (unpaired) electrons. The normalized spacial score (nSPS) is 40.1. The molecular formula is C81H105F6O36S3-3. The second kappa shape index (κ2) is 31.8. The molecule has 36 nitrogen and oxygen atoms in total. The molecular weight excluding hydrogens is 1760 g/mol. The molecule has 30 atom stereocenters. The molecule has 6 aliphatic carbocycles. The topological polar surface area (TPSA) is 515 Å². The zero-order valence-corrected chi connectivity index (χ0v) is 74.4. The SMILES string of the molecule is CC(C)C1(OC(=O)C2C3OC4C(OC(=O)C42)C3OC(=O)CCC(=O)OC(C)C(F)(F)S(=O)(=O)[O-])CC2CCC1(C)C2(C)C.CC(OC(=O)CCC(=O)OC1C2OC(=O)C3C2OC1C3C(=O)OC1(C)CC2CCC1(C)C2(C)C)C(F)(F)S(=O)(=O)[O-].CCC1(OC(=O)C2C3OC4C(OC(=O)C42)C3OC(=O)CCC(=O)OC(C)C(F)(F)S(=O)(=O)[O-])CC2CCC1(C)C2(C)C. The van der Waals surface area contributed by atoms with Gasteiger partial charge in [0.1, 0.15) is 88.9 Å². The van der Waals surface area contributed by atoms with Crippen LogP contribution in [0.5, 0.6) is 0 Å². The third-order valence-electron chi connectivity index (χ3n) is 32.9. The van der Waals surface area contributed by atoms with Gasteiger partial charge in [0.05, 0.1) is 38.5 Å². The minimum atomic E-state index is -6.09. The Balaban J connectivity index is 0.000000162. The molecule has 9 saturated heterocycles. The van der Waals surface area contributed by atoms with E-state index >= 15 is 0 Å². The van der Waals surface area contributed by atoms with Crippen LogP contribution in [0.3, 0.4) is 0 Å². The molecule has 0 aromatic carbocycles. The number of carbonyl (C=O) groups is 12. The second-order valence-corrected chi connectivity index (χ2v) is 43.6. The molecule has 0 aromatic heterocycles. The van der Waals surface area contributed by atoms with Gasteiger partial charge >= 0.3 is 87.4 Å². The first-order valence-electron chi connectivity index (χ1n) is 42.2. The fourth-order valence-electron chi connectivity index (χ4n) is 24.2. The van der Waals surface area contributed by atoms with Crippen LogP contribution < -0.4 is 0 Å². The Kier molecular flexibility index (Phi) is 24.3. The van der Waals surface area contributed by atoms with Crippen LogP contribution in [0.15, 0.2) is 0 Å². The molecule has 126 heavy (non-hydrogen) atoms. The summed E-state index contributed by atoms with van der Waals surface area (Å²) in [5, 5.41) is -14.6.